The van der Waals surface area contributed by atoms with Gasteiger partial charge in [-0.05, 0) is 36.4 Å². The fourth-order valence-electron chi connectivity index (χ4n) is 1.80. The van der Waals surface area contributed by atoms with Crippen molar-refractivity contribution in [2.75, 3.05) is 13.1 Å². The predicted octanol–water partition coefficient (Wildman–Crippen LogP) is 2.75. The van der Waals surface area contributed by atoms with Crippen LogP contribution in [0.15, 0.2) is 53.0 Å². The Morgan fingerprint density at radius 1 is 0.909 bits per heavy atom. The van der Waals surface area contributed by atoms with E-state index in [1.54, 1.807) is 30.3 Å². The van der Waals surface area contributed by atoms with E-state index in [0.29, 0.717) is 5.56 Å². The van der Waals surface area contributed by atoms with Crippen molar-refractivity contribution in [2.45, 2.75) is 0 Å². The van der Waals surface area contributed by atoms with Crippen LogP contribution in [0.5, 0.6) is 0 Å². The lowest BCUT2D eigenvalue weighted by Gasteiger charge is -2.08. The molecular weight excluding hydrogens is 351 g/mol. The molecule has 0 aromatic heterocycles. The van der Waals surface area contributed by atoms with Gasteiger partial charge in [0.1, 0.15) is 5.82 Å². The van der Waals surface area contributed by atoms with Gasteiger partial charge in [0.05, 0.1) is 5.56 Å². The highest BCUT2D eigenvalue weighted by molar-refractivity contribution is 9.10. The second-order valence-electron chi connectivity index (χ2n) is 4.50. The van der Waals surface area contributed by atoms with Gasteiger partial charge in [-0.25, -0.2) is 4.39 Å². The monoisotopic (exact) mass is 364 g/mol. The van der Waals surface area contributed by atoms with Crippen molar-refractivity contribution in [1.82, 2.24) is 10.6 Å². The van der Waals surface area contributed by atoms with Crippen LogP contribution in [0.4, 0.5) is 4.39 Å². The van der Waals surface area contributed by atoms with Gasteiger partial charge in [0.2, 0.25) is 0 Å². The van der Waals surface area contributed by atoms with E-state index in [1.807, 2.05) is 0 Å². The number of amides is 2. The van der Waals surface area contributed by atoms with Gasteiger partial charge in [-0.1, -0.05) is 28.1 Å². The summed E-state index contributed by atoms with van der Waals surface area (Å²) in [5, 5.41) is 5.23. The van der Waals surface area contributed by atoms with Crippen molar-refractivity contribution in [1.29, 1.82) is 0 Å². The zero-order chi connectivity index (χ0) is 15.9. The van der Waals surface area contributed by atoms with Gasteiger partial charge in [0.15, 0.2) is 0 Å². The average Bonchev–Trinajstić information content (AvgIpc) is 2.52. The molecule has 2 N–H and O–H groups in total. The van der Waals surface area contributed by atoms with Crippen LogP contribution in [0.1, 0.15) is 20.7 Å². The molecule has 2 aromatic rings. The lowest BCUT2D eigenvalue weighted by Crippen LogP contribution is -2.35. The summed E-state index contributed by atoms with van der Waals surface area (Å²) in [4.78, 5) is 23.6. The molecule has 0 bridgehead atoms. The Hall–Kier alpha value is -2.21. The molecular formula is C16H14BrFN2O2. The van der Waals surface area contributed by atoms with Crippen LogP contribution in [-0.2, 0) is 0 Å². The van der Waals surface area contributed by atoms with E-state index < -0.39 is 11.7 Å². The summed E-state index contributed by atoms with van der Waals surface area (Å²) in [5.74, 6) is -1.30. The van der Waals surface area contributed by atoms with Gasteiger partial charge in [0.25, 0.3) is 11.8 Å². The summed E-state index contributed by atoms with van der Waals surface area (Å²) in [6, 6.07) is 12.7. The molecule has 22 heavy (non-hydrogen) atoms. The molecule has 0 saturated carbocycles. The molecule has 0 aliphatic carbocycles. The van der Waals surface area contributed by atoms with E-state index in [2.05, 4.69) is 26.6 Å². The quantitative estimate of drug-likeness (QED) is 0.801. The minimum atomic E-state index is -0.570. The molecule has 0 fully saturated rings. The molecule has 0 saturated heterocycles. The fraction of sp³-hybridized carbons (Fsp3) is 0.125. The molecule has 4 nitrogen and oxygen atoms in total. The molecule has 0 aliphatic rings. The average molecular weight is 365 g/mol. The van der Waals surface area contributed by atoms with Crippen LogP contribution in [0.3, 0.4) is 0 Å². The number of hydrogen-bond donors (Lipinski definition) is 2. The lowest BCUT2D eigenvalue weighted by molar-refractivity contribution is 0.0925. The zero-order valence-electron chi connectivity index (χ0n) is 11.6. The molecule has 2 aromatic carbocycles. The van der Waals surface area contributed by atoms with Crippen LogP contribution >= 0.6 is 15.9 Å². The van der Waals surface area contributed by atoms with E-state index in [4.69, 9.17) is 0 Å². The van der Waals surface area contributed by atoms with Gasteiger partial charge in [-0.15, -0.1) is 0 Å². The number of nitrogens with one attached hydrogen (secondary N) is 2. The molecule has 0 aliphatic heterocycles. The molecule has 0 atom stereocenters. The van der Waals surface area contributed by atoms with Gasteiger partial charge in [0, 0.05) is 23.1 Å². The van der Waals surface area contributed by atoms with E-state index in [9.17, 15) is 14.0 Å². The van der Waals surface area contributed by atoms with Crippen molar-refractivity contribution >= 4 is 27.7 Å². The standard InChI is InChI=1S/C16H14BrFN2O2/c17-12-7-5-11(6-8-12)15(21)19-9-10-20-16(22)13-3-1-2-4-14(13)18/h1-8H,9-10H2,(H,19,21)(H,20,22). The van der Waals surface area contributed by atoms with E-state index in [-0.39, 0.29) is 24.6 Å². The smallest absolute Gasteiger partial charge is 0.254 e. The summed E-state index contributed by atoms with van der Waals surface area (Å²) in [7, 11) is 0. The molecule has 2 amide bonds. The van der Waals surface area contributed by atoms with Crippen LogP contribution in [0.25, 0.3) is 0 Å². The zero-order valence-corrected chi connectivity index (χ0v) is 13.2. The number of carbonyl (C=O) groups is 2. The fourth-order valence-corrected chi connectivity index (χ4v) is 2.06. The molecule has 6 heteroatoms. The number of carbonyl (C=O) groups excluding carboxylic acids is 2. The first-order valence-electron chi connectivity index (χ1n) is 6.64. The summed E-state index contributed by atoms with van der Waals surface area (Å²) >= 11 is 3.29. The number of halogens is 2. The highest BCUT2D eigenvalue weighted by atomic mass is 79.9. The van der Waals surface area contributed by atoms with E-state index in [0.717, 1.165) is 4.47 Å². The van der Waals surface area contributed by atoms with Gasteiger partial charge < -0.3 is 10.6 Å². The van der Waals surface area contributed by atoms with Crippen molar-refractivity contribution in [3.05, 3.63) is 69.9 Å². The van der Waals surface area contributed by atoms with Gasteiger partial charge in [-0.2, -0.15) is 0 Å². The normalized spacial score (nSPS) is 10.1. The highest BCUT2D eigenvalue weighted by Crippen LogP contribution is 2.10. The molecule has 0 unspecified atom stereocenters. The Balaban J connectivity index is 1.77. The first kappa shape index (κ1) is 16.2. The van der Waals surface area contributed by atoms with E-state index in [1.165, 1.54) is 18.2 Å². The van der Waals surface area contributed by atoms with Crippen molar-refractivity contribution in [2.24, 2.45) is 0 Å². The minimum Gasteiger partial charge on any atom is -0.350 e. The third-order valence-electron chi connectivity index (χ3n) is 2.92. The lowest BCUT2D eigenvalue weighted by atomic mass is 10.2. The van der Waals surface area contributed by atoms with Crippen molar-refractivity contribution in [3.63, 3.8) is 0 Å². The Labute approximate surface area is 135 Å². The van der Waals surface area contributed by atoms with E-state index >= 15 is 0 Å². The maximum atomic E-state index is 13.4. The number of benzene rings is 2. The largest absolute Gasteiger partial charge is 0.350 e. The van der Waals surface area contributed by atoms with Crippen LogP contribution < -0.4 is 10.6 Å². The van der Waals surface area contributed by atoms with Gasteiger partial charge in [-0.3, -0.25) is 9.59 Å². The summed E-state index contributed by atoms with van der Waals surface area (Å²) in [6.07, 6.45) is 0. The first-order valence-corrected chi connectivity index (χ1v) is 7.44. The van der Waals surface area contributed by atoms with Crippen LogP contribution in [-0.4, -0.2) is 24.9 Å². The summed E-state index contributed by atoms with van der Waals surface area (Å²) < 4.78 is 14.3. The maximum Gasteiger partial charge on any atom is 0.254 e. The number of hydrogen-bond acceptors (Lipinski definition) is 2. The Morgan fingerprint density at radius 2 is 1.50 bits per heavy atom. The third-order valence-corrected chi connectivity index (χ3v) is 3.45. The first-order chi connectivity index (χ1) is 10.6. The second-order valence-corrected chi connectivity index (χ2v) is 5.41. The SMILES string of the molecule is O=C(NCCNC(=O)c1ccccc1F)c1ccc(Br)cc1. The second kappa shape index (κ2) is 7.70. The van der Waals surface area contributed by atoms with Crippen molar-refractivity contribution in [3.8, 4) is 0 Å². The van der Waals surface area contributed by atoms with Crippen LogP contribution in [0, 0.1) is 5.82 Å². The molecule has 2 rings (SSSR count). The van der Waals surface area contributed by atoms with Crippen molar-refractivity contribution < 1.29 is 14.0 Å². The minimum absolute atomic E-state index is 0.0123. The molecule has 0 heterocycles. The van der Waals surface area contributed by atoms with Crippen LogP contribution in [0.2, 0.25) is 0 Å². The summed E-state index contributed by atoms with van der Waals surface area (Å²) in [6.45, 7) is 0.477. The number of rotatable bonds is 5. The summed E-state index contributed by atoms with van der Waals surface area (Å²) in [5.41, 5.74) is 0.519. The Morgan fingerprint density at radius 3 is 2.14 bits per heavy atom. The Kier molecular flexibility index (Phi) is 5.66. The molecule has 114 valence electrons. The molecule has 0 radical (unpaired) electrons. The third kappa shape index (κ3) is 4.39. The maximum absolute atomic E-state index is 13.4. The molecule has 0 spiro atoms. The Bertz CT molecular complexity index is 674. The predicted molar refractivity (Wildman–Crippen MR) is 85.2 cm³/mol. The highest BCUT2D eigenvalue weighted by Gasteiger charge is 2.10. The topological polar surface area (TPSA) is 58.2 Å². The van der Waals surface area contributed by atoms with Gasteiger partial charge >= 0.3 is 0 Å².